The van der Waals surface area contributed by atoms with Gasteiger partial charge in [0.15, 0.2) is 6.04 Å². The van der Waals surface area contributed by atoms with E-state index in [1.54, 1.807) is 0 Å². The lowest BCUT2D eigenvalue weighted by molar-refractivity contribution is -0.147. The Morgan fingerprint density at radius 3 is 2.84 bits per heavy atom. The fraction of sp³-hybridized carbons (Fsp3) is 0.833. The highest BCUT2D eigenvalue weighted by atomic mass is 16.5. The Bertz CT molecular complexity index is 330. The zero-order chi connectivity index (χ0) is 13.7. The largest absolute Gasteiger partial charge is 0.480 e. The first-order valence-corrected chi connectivity index (χ1v) is 6.65. The van der Waals surface area contributed by atoms with Gasteiger partial charge < -0.3 is 24.8 Å². The average Bonchev–Trinajstić information content (AvgIpc) is 2.46. The van der Waals surface area contributed by atoms with Crippen LogP contribution in [0.15, 0.2) is 0 Å². The number of hydrogen-bond donors (Lipinski definition) is 2. The van der Waals surface area contributed by atoms with Gasteiger partial charge in [0.1, 0.15) is 0 Å². The summed E-state index contributed by atoms with van der Waals surface area (Å²) in [5.41, 5.74) is 0. The van der Waals surface area contributed by atoms with Crippen molar-refractivity contribution in [3.05, 3.63) is 0 Å². The van der Waals surface area contributed by atoms with Crippen LogP contribution < -0.4 is 5.32 Å². The number of carboxylic acid groups (broad SMARTS) is 1. The first-order chi connectivity index (χ1) is 9.18. The molecule has 2 fully saturated rings. The molecule has 0 radical (unpaired) electrons. The summed E-state index contributed by atoms with van der Waals surface area (Å²) in [4.78, 5) is 24.4. The molecule has 2 saturated heterocycles. The lowest BCUT2D eigenvalue weighted by Crippen LogP contribution is -2.56. The minimum Gasteiger partial charge on any atom is -0.480 e. The first-order valence-electron chi connectivity index (χ1n) is 6.65. The second kappa shape index (κ2) is 6.72. The minimum atomic E-state index is -1.04. The molecule has 0 aromatic carbocycles. The van der Waals surface area contributed by atoms with Crippen molar-refractivity contribution in [1.29, 1.82) is 0 Å². The Balaban J connectivity index is 1.81. The monoisotopic (exact) mass is 272 g/mol. The molecule has 0 spiro atoms. The van der Waals surface area contributed by atoms with Crippen LogP contribution in [0.4, 0.5) is 4.79 Å². The lowest BCUT2D eigenvalue weighted by atomic mass is 10.1. The summed E-state index contributed by atoms with van der Waals surface area (Å²) in [6.45, 7) is 1.88. The van der Waals surface area contributed by atoms with Crippen molar-refractivity contribution in [1.82, 2.24) is 10.2 Å². The molecule has 2 aliphatic heterocycles. The summed E-state index contributed by atoms with van der Waals surface area (Å²) >= 11 is 0. The smallest absolute Gasteiger partial charge is 0.328 e. The molecule has 0 saturated carbocycles. The number of carbonyl (C=O) groups is 2. The van der Waals surface area contributed by atoms with Gasteiger partial charge in [-0.15, -0.1) is 0 Å². The van der Waals surface area contributed by atoms with Crippen LogP contribution in [0, 0.1) is 0 Å². The molecule has 7 heteroatoms. The van der Waals surface area contributed by atoms with E-state index in [9.17, 15) is 9.59 Å². The third kappa shape index (κ3) is 3.81. The number of hydrogen-bond acceptors (Lipinski definition) is 4. The fourth-order valence-corrected chi connectivity index (χ4v) is 2.32. The van der Waals surface area contributed by atoms with Crippen LogP contribution in [0.25, 0.3) is 0 Å². The van der Waals surface area contributed by atoms with E-state index in [0.29, 0.717) is 19.7 Å². The van der Waals surface area contributed by atoms with Crippen molar-refractivity contribution in [2.24, 2.45) is 0 Å². The molecule has 19 heavy (non-hydrogen) atoms. The minimum absolute atomic E-state index is 0.0435. The van der Waals surface area contributed by atoms with Crippen molar-refractivity contribution in [2.45, 2.75) is 31.4 Å². The lowest BCUT2D eigenvalue weighted by Gasteiger charge is -2.33. The molecule has 0 aromatic heterocycles. The SMILES string of the molecule is O=C(O)C1COCCN1C(=O)NCC1CCCCO1. The topological polar surface area (TPSA) is 88.1 Å². The van der Waals surface area contributed by atoms with E-state index in [1.807, 2.05) is 0 Å². The van der Waals surface area contributed by atoms with Crippen molar-refractivity contribution in [3.63, 3.8) is 0 Å². The molecule has 2 atom stereocenters. The third-order valence-corrected chi connectivity index (χ3v) is 3.43. The maximum absolute atomic E-state index is 12.0. The van der Waals surface area contributed by atoms with Gasteiger partial charge in [-0.25, -0.2) is 9.59 Å². The Hall–Kier alpha value is -1.34. The van der Waals surface area contributed by atoms with Crippen molar-refractivity contribution in [3.8, 4) is 0 Å². The highest BCUT2D eigenvalue weighted by molar-refractivity contribution is 5.83. The van der Waals surface area contributed by atoms with Gasteiger partial charge in [0.25, 0.3) is 0 Å². The second-order valence-electron chi connectivity index (χ2n) is 4.80. The zero-order valence-corrected chi connectivity index (χ0v) is 10.8. The third-order valence-electron chi connectivity index (χ3n) is 3.43. The van der Waals surface area contributed by atoms with Gasteiger partial charge in [-0.1, -0.05) is 0 Å². The Morgan fingerprint density at radius 2 is 2.16 bits per heavy atom. The van der Waals surface area contributed by atoms with E-state index in [-0.39, 0.29) is 18.7 Å². The van der Waals surface area contributed by atoms with E-state index in [2.05, 4.69) is 5.32 Å². The standard InChI is InChI=1S/C12H20N2O5/c15-11(16)10-8-18-6-4-14(10)12(17)13-7-9-3-1-2-5-19-9/h9-10H,1-8H2,(H,13,17)(H,15,16). The zero-order valence-electron chi connectivity index (χ0n) is 10.8. The molecule has 2 N–H and O–H groups in total. The van der Waals surface area contributed by atoms with Gasteiger partial charge >= 0.3 is 12.0 Å². The van der Waals surface area contributed by atoms with Crippen LogP contribution in [-0.4, -0.2) is 67.1 Å². The normalized spacial score (nSPS) is 27.9. The molecule has 2 amide bonds. The maximum atomic E-state index is 12.0. The molecule has 108 valence electrons. The number of ether oxygens (including phenoxy) is 2. The molecule has 2 unspecified atom stereocenters. The summed E-state index contributed by atoms with van der Waals surface area (Å²) in [7, 11) is 0. The molecule has 0 aliphatic carbocycles. The van der Waals surface area contributed by atoms with E-state index in [0.717, 1.165) is 25.9 Å². The molecular weight excluding hydrogens is 252 g/mol. The molecular formula is C12H20N2O5. The van der Waals surface area contributed by atoms with E-state index in [4.69, 9.17) is 14.6 Å². The second-order valence-corrected chi connectivity index (χ2v) is 4.80. The number of carbonyl (C=O) groups excluding carboxylic acids is 1. The van der Waals surface area contributed by atoms with E-state index in [1.165, 1.54) is 4.90 Å². The van der Waals surface area contributed by atoms with Gasteiger partial charge in [0.2, 0.25) is 0 Å². The van der Waals surface area contributed by atoms with Crippen LogP contribution >= 0.6 is 0 Å². The Labute approximate surface area is 111 Å². The van der Waals surface area contributed by atoms with Gasteiger partial charge in [-0.2, -0.15) is 0 Å². The summed E-state index contributed by atoms with van der Waals surface area (Å²) in [6.07, 6.45) is 3.15. The molecule has 2 aliphatic rings. The van der Waals surface area contributed by atoms with Crippen molar-refractivity contribution in [2.75, 3.05) is 32.9 Å². The fourth-order valence-electron chi connectivity index (χ4n) is 2.32. The number of nitrogens with one attached hydrogen (secondary N) is 1. The molecule has 2 heterocycles. The van der Waals surface area contributed by atoms with Crippen LogP contribution in [0.2, 0.25) is 0 Å². The van der Waals surface area contributed by atoms with Crippen LogP contribution in [0.3, 0.4) is 0 Å². The van der Waals surface area contributed by atoms with Crippen LogP contribution in [-0.2, 0) is 14.3 Å². The average molecular weight is 272 g/mol. The number of rotatable bonds is 3. The summed E-state index contributed by atoms with van der Waals surface area (Å²) < 4.78 is 10.6. The summed E-state index contributed by atoms with van der Waals surface area (Å²) in [5.74, 6) is -1.04. The maximum Gasteiger partial charge on any atom is 0.328 e. The van der Waals surface area contributed by atoms with E-state index < -0.39 is 12.0 Å². The number of nitrogens with zero attached hydrogens (tertiary/aromatic N) is 1. The summed E-state index contributed by atoms with van der Waals surface area (Å²) in [5, 5.41) is 11.8. The van der Waals surface area contributed by atoms with Gasteiger partial charge in [0.05, 0.1) is 19.3 Å². The highest BCUT2D eigenvalue weighted by Crippen LogP contribution is 2.12. The Kier molecular flexibility index (Phi) is 4.98. The quantitative estimate of drug-likeness (QED) is 0.758. The highest BCUT2D eigenvalue weighted by Gasteiger charge is 2.32. The van der Waals surface area contributed by atoms with Crippen molar-refractivity contribution >= 4 is 12.0 Å². The summed E-state index contributed by atoms with van der Waals surface area (Å²) in [6, 6.07) is -1.26. The Morgan fingerprint density at radius 1 is 1.32 bits per heavy atom. The molecule has 0 aromatic rings. The van der Waals surface area contributed by atoms with E-state index >= 15 is 0 Å². The number of carboxylic acids is 1. The van der Waals surface area contributed by atoms with Gasteiger partial charge in [-0.05, 0) is 19.3 Å². The number of urea groups is 1. The van der Waals surface area contributed by atoms with Crippen LogP contribution in [0.5, 0.6) is 0 Å². The van der Waals surface area contributed by atoms with Crippen LogP contribution in [0.1, 0.15) is 19.3 Å². The van der Waals surface area contributed by atoms with Crippen molar-refractivity contribution < 1.29 is 24.2 Å². The van der Waals surface area contributed by atoms with Gasteiger partial charge in [-0.3, -0.25) is 0 Å². The number of amides is 2. The number of morpholine rings is 1. The molecule has 2 rings (SSSR count). The molecule has 0 bridgehead atoms. The van der Waals surface area contributed by atoms with Gasteiger partial charge in [0, 0.05) is 19.7 Å². The molecule has 7 nitrogen and oxygen atoms in total. The number of aliphatic carboxylic acids is 1. The first kappa shape index (κ1) is 14.1. The predicted molar refractivity (Wildman–Crippen MR) is 65.9 cm³/mol. The predicted octanol–water partition coefficient (Wildman–Crippen LogP) is 0.0505.